The van der Waals surface area contributed by atoms with Gasteiger partial charge in [0.05, 0.1) is 17.8 Å². The van der Waals surface area contributed by atoms with E-state index in [9.17, 15) is 17.6 Å². The number of nitrogens with one attached hydrogen (secondary N) is 1. The van der Waals surface area contributed by atoms with E-state index < -0.39 is 23.2 Å². The molecule has 0 saturated heterocycles. The lowest BCUT2D eigenvalue weighted by Crippen LogP contribution is -2.41. The summed E-state index contributed by atoms with van der Waals surface area (Å²) in [6.45, 7) is 1.41. The Morgan fingerprint density at radius 1 is 1.29 bits per heavy atom. The number of alkyl halides is 3. The average Bonchev–Trinajstić information content (AvgIpc) is 3.07. The summed E-state index contributed by atoms with van der Waals surface area (Å²) in [6, 6.07) is 3.05. The van der Waals surface area contributed by atoms with Gasteiger partial charge in [-0.2, -0.15) is 13.2 Å². The Morgan fingerprint density at radius 2 is 2.05 bits per heavy atom. The van der Waals surface area contributed by atoms with Gasteiger partial charge in [-0.25, -0.2) is 4.39 Å². The van der Waals surface area contributed by atoms with E-state index in [0.717, 1.165) is 31.0 Å². The van der Waals surface area contributed by atoms with E-state index in [0.29, 0.717) is 31.5 Å². The van der Waals surface area contributed by atoms with Crippen LogP contribution in [0.25, 0.3) is 0 Å². The maximum absolute atomic E-state index is 14.1. The molecule has 1 aliphatic carbocycles. The summed E-state index contributed by atoms with van der Waals surface area (Å²) in [5, 5.41) is 2.94. The number of benzene rings is 1. The van der Waals surface area contributed by atoms with Crippen LogP contribution in [-0.4, -0.2) is 25.6 Å². The second kappa shape index (κ2) is 5.20. The highest BCUT2D eigenvalue weighted by atomic mass is 19.4. The summed E-state index contributed by atoms with van der Waals surface area (Å²) < 4.78 is 53.7. The Bertz CT molecular complexity index is 564. The van der Waals surface area contributed by atoms with Gasteiger partial charge in [0.25, 0.3) is 0 Å². The van der Waals surface area contributed by atoms with Gasteiger partial charge in [0.2, 0.25) is 0 Å². The molecule has 0 bridgehead atoms. The lowest BCUT2D eigenvalue weighted by Gasteiger charge is -2.28. The molecule has 1 aromatic carbocycles. The smallest absolute Gasteiger partial charge is 0.354 e. The van der Waals surface area contributed by atoms with Crippen molar-refractivity contribution >= 4 is 11.6 Å². The van der Waals surface area contributed by atoms with Crippen molar-refractivity contribution in [3.05, 3.63) is 29.6 Å². The second-order valence-corrected chi connectivity index (χ2v) is 5.32. The molecule has 0 atom stereocenters. The summed E-state index contributed by atoms with van der Waals surface area (Å²) in [7, 11) is 0. The third-order valence-electron chi connectivity index (χ3n) is 3.61. The molecule has 3 rings (SSSR count). The second-order valence-electron chi connectivity index (χ2n) is 5.32. The fourth-order valence-corrected chi connectivity index (χ4v) is 2.43. The van der Waals surface area contributed by atoms with Crippen LogP contribution < -0.4 is 10.2 Å². The Hall–Kier alpha value is -1.79. The number of anilines is 1. The predicted octanol–water partition coefficient (Wildman–Crippen LogP) is 3.02. The largest absolute Gasteiger partial charge is 0.418 e. The topological polar surface area (TPSA) is 27.6 Å². The van der Waals surface area contributed by atoms with Crippen molar-refractivity contribution in [1.82, 2.24) is 5.32 Å². The zero-order chi connectivity index (χ0) is 15.0. The highest BCUT2D eigenvalue weighted by Gasteiger charge is 2.39. The van der Waals surface area contributed by atoms with Gasteiger partial charge >= 0.3 is 6.18 Å². The van der Waals surface area contributed by atoms with Gasteiger partial charge in [0.1, 0.15) is 5.82 Å². The molecule has 21 heavy (non-hydrogen) atoms. The summed E-state index contributed by atoms with van der Waals surface area (Å²) in [4.78, 5) is 5.51. The monoisotopic (exact) mass is 301 g/mol. The number of halogens is 4. The van der Waals surface area contributed by atoms with Crippen molar-refractivity contribution in [3.63, 3.8) is 0 Å². The van der Waals surface area contributed by atoms with Crippen molar-refractivity contribution < 1.29 is 17.6 Å². The van der Waals surface area contributed by atoms with Crippen LogP contribution >= 0.6 is 0 Å². The molecule has 0 spiro atoms. The van der Waals surface area contributed by atoms with E-state index in [4.69, 9.17) is 0 Å². The maximum Gasteiger partial charge on any atom is 0.418 e. The molecule has 0 radical (unpaired) electrons. The normalized spacial score (nSPS) is 18.4. The average molecular weight is 301 g/mol. The van der Waals surface area contributed by atoms with Crippen LogP contribution in [-0.2, 0) is 6.18 Å². The molecule has 1 saturated carbocycles. The number of aliphatic imine (C=N–C) groups is 1. The van der Waals surface area contributed by atoms with Crippen molar-refractivity contribution in [3.8, 4) is 0 Å². The van der Waals surface area contributed by atoms with Crippen LogP contribution in [0, 0.1) is 11.7 Å². The van der Waals surface area contributed by atoms with Crippen LogP contribution in [0.15, 0.2) is 23.2 Å². The Morgan fingerprint density at radius 3 is 2.62 bits per heavy atom. The molecule has 2 aliphatic rings. The number of hydrogen-bond acceptors (Lipinski definition) is 3. The molecule has 0 amide bonds. The Balaban J connectivity index is 2.05. The predicted molar refractivity (Wildman–Crippen MR) is 71.8 cm³/mol. The number of rotatable bonds is 3. The highest BCUT2D eigenvalue weighted by Crippen LogP contribution is 2.40. The van der Waals surface area contributed by atoms with Gasteiger partial charge in [-0.05, 0) is 30.9 Å². The molecule has 0 aromatic heterocycles. The minimum atomic E-state index is -4.60. The van der Waals surface area contributed by atoms with Gasteiger partial charge in [-0.1, -0.05) is 6.07 Å². The SMILES string of the molecule is Fc1cccc(C(F)(F)F)c1N(CC1CC1)C1=NCCN1. The minimum Gasteiger partial charge on any atom is -0.354 e. The van der Waals surface area contributed by atoms with E-state index in [1.54, 1.807) is 0 Å². The molecule has 3 nitrogen and oxygen atoms in total. The van der Waals surface area contributed by atoms with Crippen molar-refractivity contribution in [1.29, 1.82) is 0 Å². The molecule has 1 heterocycles. The zero-order valence-corrected chi connectivity index (χ0v) is 11.3. The summed E-state index contributed by atoms with van der Waals surface area (Å²) in [5.74, 6) is -0.241. The van der Waals surface area contributed by atoms with Crippen LogP contribution in [0.3, 0.4) is 0 Å². The fraction of sp³-hybridized carbons (Fsp3) is 0.500. The third kappa shape index (κ3) is 2.96. The van der Waals surface area contributed by atoms with Crippen molar-refractivity contribution in [2.45, 2.75) is 19.0 Å². The van der Waals surface area contributed by atoms with Gasteiger partial charge in [0, 0.05) is 13.1 Å². The van der Waals surface area contributed by atoms with E-state index in [2.05, 4.69) is 10.3 Å². The standard InChI is InChI=1S/C14H15F4N3/c15-11-3-1-2-10(14(16,17)18)12(11)21(8-9-4-5-9)13-19-6-7-20-13/h1-3,9H,4-8H2,(H,19,20). The number of nitrogens with zero attached hydrogens (tertiary/aromatic N) is 2. The third-order valence-corrected chi connectivity index (χ3v) is 3.61. The number of guanidine groups is 1. The molecule has 0 unspecified atom stereocenters. The number of para-hydroxylation sites is 1. The molecule has 7 heteroatoms. The van der Waals surface area contributed by atoms with Crippen LogP contribution in [0.5, 0.6) is 0 Å². The first kappa shape index (κ1) is 14.2. The summed E-state index contributed by atoms with van der Waals surface area (Å²) >= 11 is 0. The quantitative estimate of drug-likeness (QED) is 0.869. The molecular weight excluding hydrogens is 286 g/mol. The highest BCUT2D eigenvalue weighted by molar-refractivity contribution is 5.98. The minimum absolute atomic E-state index is 0.302. The van der Waals surface area contributed by atoms with E-state index in [1.165, 1.54) is 4.90 Å². The van der Waals surface area contributed by atoms with E-state index in [-0.39, 0.29) is 0 Å². The lowest BCUT2D eigenvalue weighted by atomic mass is 10.1. The van der Waals surface area contributed by atoms with Gasteiger partial charge in [-0.15, -0.1) is 0 Å². The summed E-state index contributed by atoms with van der Waals surface area (Å²) in [6.07, 6.45) is -2.68. The van der Waals surface area contributed by atoms with Crippen LogP contribution in [0.2, 0.25) is 0 Å². The van der Waals surface area contributed by atoms with Crippen molar-refractivity contribution in [2.75, 3.05) is 24.5 Å². The van der Waals surface area contributed by atoms with E-state index in [1.807, 2.05) is 0 Å². The first-order chi connectivity index (χ1) is 9.97. The molecule has 1 N–H and O–H groups in total. The molecule has 1 aliphatic heterocycles. The van der Waals surface area contributed by atoms with Crippen LogP contribution in [0.1, 0.15) is 18.4 Å². The summed E-state index contributed by atoms with van der Waals surface area (Å²) in [5.41, 5.74) is -1.38. The fourth-order valence-electron chi connectivity index (χ4n) is 2.43. The first-order valence-corrected chi connectivity index (χ1v) is 6.88. The van der Waals surface area contributed by atoms with Gasteiger partial charge in [-0.3, -0.25) is 4.99 Å². The first-order valence-electron chi connectivity index (χ1n) is 6.88. The Labute approximate surface area is 119 Å². The maximum atomic E-state index is 14.1. The molecular formula is C14H15F4N3. The lowest BCUT2D eigenvalue weighted by molar-refractivity contribution is -0.137. The van der Waals surface area contributed by atoms with Gasteiger partial charge < -0.3 is 10.2 Å². The molecule has 114 valence electrons. The zero-order valence-electron chi connectivity index (χ0n) is 11.3. The van der Waals surface area contributed by atoms with Crippen molar-refractivity contribution in [2.24, 2.45) is 10.9 Å². The van der Waals surface area contributed by atoms with Gasteiger partial charge in [0.15, 0.2) is 5.96 Å². The molecule has 1 fully saturated rings. The Kier molecular flexibility index (Phi) is 3.51. The number of hydrogen-bond donors (Lipinski definition) is 1. The molecule has 1 aromatic rings. The van der Waals surface area contributed by atoms with Crippen LogP contribution in [0.4, 0.5) is 23.2 Å². The van der Waals surface area contributed by atoms with E-state index >= 15 is 0 Å².